The van der Waals surface area contributed by atoms with Gasteiger partial charge in [-0.25, -0.2) is 5.01 Å². The maximum Gasteiger partial charge on any atom is 0.308 e. The second kappa shape index (κ2) is 8.14. The molecule has 2 amide bonds. The lowest BCUT2D eigenvalue weighted by atomic mass is 10.1. The van der Waals surface area contributed by atoms with Crippen LogP contribution in [0.2, 0.25) is 5.02 Å². The molecule has 0 spiro atoms. The first kappa shape index (κ1) is 19.4. The first-order valence-electron chi connectivity index (χ1n) is 8.47. The molecule has 0 aliphatic carbocycles. The fraction of sp³-hybridized carbons (Fsp3) is 0.150. The predicted molar refractivity (Wildman–Crippen MR) is 104 cm³/mol. The Morgan fingerprint density at radius 3 is 2.57 bits per heavy atom. The zero-order valence-corrected chi connectivity index (χ0v) is 15.9. The topological polar surface area (TPSA) is 84.9 Å². The van der Waals surface area contributed by atoms with E-state index in [1.54, 1.807) is 37.3 Å². The number of hydrogen-bond donors (Lipinski definition) is 1. The third-order valence-corrected chi connectivity index (χ3v) is 4.08. The number of anilines is 1. The van der Waals surface area contributed by atoms with Crippen LogP contribution >= 0.6 is 11.6 Å². The molecule has 0 unspecified atom stereocenters. The summed E-state index contributed by atoms with van der Waals surface area (Å²) >= 11 is 6.21. The number of nitrogens with one attached hydrogen (secondary N) is 1. The lowest BCUT2D eigenvalue weighted by molar-refractivity contribution is -0.132. The Labute approximate surface area is 166 Å². The summed E-state index contributed by atoms with van der Waals surface area (Å²) in [5.74, 6) is -1.24. The normalized spacial score (nSPS) is 15.0. The number of rotatable bonds is 5. The number of esters is 1. The fourth-order valence-corrected chi connectivity index (χ4v) is 2.92. The van der Waals surface area contributed by atoms with E-state index in [4.69, 9.17) is 21.1 Å². The molecule has 28 heavy (non-hydrogen) atoms. The molecule has 7 nitrogen and oxygen atoms in total. The summed E-state index contributed by atoms with van der Waals surface area (Å²) in [6.45, 7) is 3.33. The Morgan fingerprint density at radius 1 is 1.21 bits per heavy atom. The van der Waals surface area contributed by atoms with E-state index < -0.39 is 17.8 Å². The van der Waals surface area contributed by atoms with Crippen LogP contribution in [0, 0.1) is 0 Å². The largest absolute Gasteiger partial charge is 0.490 e. The van der Waals surface area contributed by atoms with Crippen molar-refractivity contribution in [1.29, 1.82) is 0 Å². The first-order valence-corrected chi connectivity index (χ1v) is 8.85. The quantitative estimate of drug-likeness (QED) is 0.361. The number of amides is 2. The number of carbonyl (C=O) groups is 3. The number of benzene rings is 2. The predicted octanol–water partition coefficient (Wildman–Crippen LogP) is 3.13. The minimum Gasteiger partial charge on any atom is -0.490 e. The van der Waals surface area contributed by atoms with Gasteiger partial charge in [0.1, 0.15) is 5.57 Å². The minimum absolute atomic E-state index is 0.0531. The average Bonchev–Trinajstić information content (AvgIpc) is 2.93. The molecule has 0 saturated carbocycles. The van der Waals surface area contributed by atoms with Gasteiger partial charge in [0.05, 0.1) is 17.3 Å². The molecule has 0 atom stereocenters. The van der Waals surface area contributed by atoms with Crippen LogP contribution in [0.1, 0.15) is 19.4 Å². The molecule has 1 saturated heterocycles. The summed E-state index contributed by atoms with van der Waals surface area (Å²) in [6, 6.07) is 11.8. The fourth-order valence-electron chi connectivity index (χ4n) is 2.66. The molecular formula is C20H17ClN2O5. The standard InChI is InChI=1S/C20H17ClN2O5/c1-3-27-17-11-13(10-16(21)18(17)28-12(2)24)9-15-19(25)22-23(20(15)26)14-7-5-4-6-8-14/h4-11H,3H2,1-2H3,(H,22,25). The van der Waals surface area contributed by atoms with E-state index in [1.165, 1.54) is 24.1 Å². The van der Waals surface area contributed by atoms with Gasteiger partial charge >= 0.3 is 5.97 Å². The summed E-state index contributed by atoms with van der Waals surface area (Å²) in [5, 5.41) is 1.30. The molecular weight excluding hydrogens is 384 g/mol. The van der Waals surface area contributed by atoms with E-state index in [-0.39, 0.29) is 22.1 Å². The zero-order valence-electron chi connectivity index (χ0n) is 15.2. The summed E-state index contributed by atoms with van der Waals surface area (Å²) in [6.07, 6.45) is 1.41. The van der Waals surface area contributed by atoms with Crippen LogP contribution in [0.25, 0.3) is 6.08 Å². The van der Waals surface area contributed by atoms with Crippen molar-refractivity contribution in [3.05, 3.63) is 58.6 Å². The molecule has 1 fully saturated rings. The lowest BCUT2D eigenvalue weighted by Gasteiger charge is -2.14. The van der Waals surface area contributed by atoms with Crippen LogP contribution in [0.5, 0.6) is 11.5 Å². The Kier molecular flexibility index (Phi) is 5.65. The van der Waals surface area contributed by atoms with Crippen molar-refractivity contribution in [3.8, 4) is 11.5 Å². The average molecular weight is 401 g/mol. The van der Waals surface area contributed by atoms with Gasteiger partial charge in [0, 0.05) is 6.92 Å². The van der Waals surface area contributed by atoms with Crippen molar-refractivity contribution in [3.63, 3.8) is 0 Å². The van der Waals surface area contributed by atoms with Gasteiger partial charge in [-0.15, -0.1) is 0 Å². The molecule has 1 aliphatic rings. The summed E-state index contributed by atoms with van der Waals surface area (Å²) < 4.78 is 10.6. The van der Waals surface area contributed by atoms with Crippen LogP contribution in [0.3, 0.4) is 0 Å². The number of nitrogens with zero attached hydrogens (tertiary/aromatic N) is 1. The second-order valence-electron chi connectivity index (χ2n) is 5.83. The van der Waals surface area contributed by atoms with Gasteiger partial charge in [-0.2, -0.15) is 0 Å². The highest BCUT2D eigenvalue weighted by molar-refractivity contribution is 6.33. The number of para-hydroxylation sites is 1. The van der Waals surface area contributed by atoms with E-state index in [2.05, 4.69) is 5.43 Å². The smallest absolute Gasteiger partial charge is 0.308 e. The summed E-state index contributed by atoms with van der Waals surface area (Å²) in [7, 11) is 0. The summed E-state index contributed by atoms with van der Waals surface area (Å²) in [5.41, 5.74) is 3.47. The van der Waals surface area contributed by atoms with Crippen molar-refractivity contribution >= 4 is 41.1 Å². The highest BCUT2D eigenvalue weighted by atomic mass is 35.5. The number of hydrogen-bond acceptors (Lipinski definition) is 5. The molecule has 144 valence electrons. The zero-order chi connectivity index (χ0) is 20.3. The molecule has 1 N–H and O–H groups in total. The molecule has 2 aromatic rings. The number of hydrazine groups is 1. The van der Waals surface area contributed by atoms with Gasteiger partial charge < -0.3 is 9.47 Å². The van der Waals surface area contributed by atoms with Crippen molar-refractivity contribution in [2.75, 3.05) is 11.6 Å². The Bertz CT molecular complexity index is 972. The van der Waals surface area contributed by atoms with Crippen molar-refractivity contribution in [2.45, 2.75) is 13.8 Å². The van der Waals surface area contributed by atoms with Crippen LogP contribution in [-0.2, 0) is 14.4 Å². The molecule has 1 aliphatic heterocycles. The SMILES string of the molecule is CCOc1cc(C=C2C(=O)NN(c3ccccc3)C2=O)cc(Cl)c1OC(C)=O. The van der Waals surface area contributed by atoms with Gasteiger partial charge in [-0.1, -0.05) is 29.8 Å². The second-order valence-corrected chi connectivity index (χ2v) is 6.24. The van der Waals surface area contributed by atoms with Crippen LogP contribution in [0.15, 0.2) is 48.0 Å². The Morgan fingerprint density at radius 2 is 1.93 bits per heavy atom. The Hall–Kier alpha value is -3.32. The number of carbonyl (C=O) groups excluding carboxylic acids is 3. The lowest BCUT2D eigenvalue weighted by Crippen LogP contribution is -2.35. The molecule has 0 radical (unpaired) electrons. The van der Waals surface area contributed by atoms with Crippen LogP contribution in [-0.4, -0.2) is 24.4 Å². The highest BCUT2D eigenvalue weighted by Crippen LogP contribution is 2.37. The molecule has 2 aromatic carbocycles. The Balaban J connectivity index is 1.97. The third-order valence-electron chi connectivity index (χ3n) is 3.79. The maximum absolute atomic E-state index is 12.7. The van der Waals surface area contributed by atoms with Gasteiger partial charge in [0.15, 0.2) is 11.5 Å². The number of ether oxygens (including phenoxy) is 2. The first-order chi connectivity index (χ1) is 13.4. The third kappa shape index (κ3) is 3.99. The maximum atomic E-state index is 12.7. The molecule has 1 heterocycles. The molecule has 8 heteroatoms. The highest BCUT2D eigenvalue weighted by Gasteiger charge is 2.34. The molecule has 3 rings (SSSR count). The minimum atomic E-state index is -0.544. The molecule has 0 bridgehead atoms. The summed E-state index contributed by atoms with van der Waals surface area (Å²) in [4.78, 5) is 36.3. The van der Waals surface area contributed by atoms with Crippen molar-refractivity contribution in [2.24, 2.45) is 0 Å². The number of halogens is 1. The van der Waals surface area contributed by atoms with Gasteiger partial charge in [-0.3, -0.25) is 19.8 Å². The van der Waals surface area contributed by atoms with Crippen LogP contribution in [0.4, 0.5) is 5.69 Å². The van der Waals surface area contributed by atoms with E-state index >= 15 is 0 Å². The molecule has 0 aromatic heterocycles. The van der Waals surface area contributed by atoms with Crippen molar-refractivity contribution in [1.82, 2.24) is 5.43 Å². The van der Waals surface area contributed by atoms with Gasteiger partial charge in [0.2, 0.25) is 0 Å². The van der Waals surface area contributed by atoms with Crippen LogP contribution < -0.4 is 19.9 Å². The van der Waals surface area contributed by atoms with Gasteiger partial charge in [0.25, 0.3) is 11.8 Å². The van der Waals surface area contributed by atoms with E-state index in [1.807, 2.05) is 6.07 Å². The monoisotopic (exact) mass is 400 g/mol. The van der Waals surface area contributed by atoms with E-state index in [9.17, 15) is 14.4 Å². The van der Waals surface area contributed by atoms with E-state index in [0.717, 1.165) is 0 Å². The van der Waals surface area contributed by atoms with Crippen molar-refractivity contribution < 1.29 is 23.9 Å². The van der Waals surface area contributed by atoms with Gasteiger partial charge in [-0.05, 0) is 42.8 Å². The van der Waals surface area contributed by atoms with E-state index in [0.29, 0.717) is 17.9 Å².